The van der Waals surface area contributed by atoms with Crippen LogP contribution in [0.2, 0.25) is 0 Å². The highest BCUT2D eigenvalue weighted by molar-refractivity contribution is 5.78. The summed E-state index contributed by atoms with van der Waals surface area (Å²) in [6.45, 7) is 6.38. The molecule has 0 unspecified atom stereocenters. The second kappa shape index (κ2) is 7.92. The Morgan fingerprint density at radius 1 is 1.32 bits per heavy atom. The van der Waals surface area contributed by atoms with Crippen molar-refractivity contribution in [3.05, 3.63) is 30.1 Å². The molecule has 1 aliphatic rings. The number of aromatic nitrogens is 1. The smallest absolute Gasteiger partial charge is 0.224 e. The van der Waals surface area contributed by atoms with E-state index in [0.29, 0.717) is 25.4 Å². The summed E-state index contributed by atoms with van der Waals surface area (Å²) in [5, 5.41) is 0. The Hall–Kier alpha value is -1.91. The van der Waals surface area contributed by atoms with E-state index < -0.39 is 0 Å². The van der Waals surface area contributed by atoms with E-state index in [4.69, 9.17) is 0 Å². The van der Waals surface area contributed by atoms with E-state index in [-0.39, 0.29) is 11.8 Å². The molecule has 0 spiro atoms. The third-order valence-corrected chi connectivity index (χ3v) is 4.26. The molecule has 0 saturated carbocycles. The summed E-state index contributed by atoms with van der Waals surface area (Å²) in [6, 6.07) is 5.65. The third kappa shape index (κ3) is 4.83. The maximum Gasteiger partial charge on any atom is 0.224 e. The number of likely N-dealkylation sites (tertiary alicyclic amines) is 1. The molecule has 0 atom stereocenters. The lowest BCUT2D eigenvalue weighted by atomic mass is 9.99. The largest absolute Gasteiger partial charge is 0.343 e. The molecule has 120 valence electrons. The Morgan fingerprint density at radius 2 is 2.05 bits per heavy atom. The van der Waals surface area contributed by atoms with Crippen molar-refractivity contribution in [3.63, 3.8) is 0 Å². The number of hydrogen-bond acceptors (Lipinski definition) is 3. The molecule has 5 nitrogen and oxygen atoms in total. The SMILES string of the molecule is CC(=O)N(CCC(=O)N1CCC(C)CC1)Cc1ccccn1. The summed E-state index contributed by atoms with van der Waals surface area (Å²) in [7, 11) is 0. The minimum atomic E-state index is -0.0225. The van der Waals surface area contributed by atoms with Crippen molar-refractivity contribution in [2.75, 3.05) is 19.6 Å². The highest BCUT2D eigenvalue weighted by Gasteiger charge is 2.21. The maximum atomic E-state index is 12.3. The van der Waals surface area contributed by atoms with Gasteiger partial charge < -0.3 is 9.80 Å². The average molecular weight is 303 g/mol. The summed E-state index contributed by atoms with van der Waals surface area (Å²) in [6.07, 6.45) is 4.26. The molecule has 0 N–H and O–H groups in total. The predicted octanol–water partition coefficient (Wildman–Crippen LogP) is 2.08. The van der Waals surface area contributed by atoms with Gasteiger partial charge in [-0.2, -0.15) is 0 Å². The standard InChI is InChI=1S/C17H25N3O2/c1-14-6-10-19(11-7-14)17(22)8-12-20(15(2)21)13-16-5-3-4-9-18-16/h3-5,9,14H,6-8,10-13H2,1-2H3. The molecule has 2 rings (SSSR count). The summed E-state index contributed by atoms with van der Waals surface area (Å²) in [5.74, 6) is 0.840. The van der Waals surface area contributed by atoms with Crippen molar-refractivity contribution < 1.29 is 9.59 Å². The molecule has 0 radical (unpaired) electrons. The number of pyridine rings is 1. The van der Waals surface area contributed by atoms with E-state index in [0.717, 1.165) is 31.6 Å². The van der Waals surface area contributed by atoms with Crippen LogP contribution in [-0.4, -0.2) is 46.2 Å². The van der Waals surface area contributed by atoms with Gasteiger partial charge >= 0.3 is 0 Å². The van der Waals surface area contributed by atoms with Gasteiger partial charge in [0.05, 0.1) is 12.2 Å². The van der Waals surface area contributed by atoms with Crippen LogP contribution in [0.3, 0.4) is 0 Å². The van der Waals surface area contributed by atoms with Crippen molar-refractivity contribution in [2.24, 2.45) is 5.92 Å². The molecule has 0 bridgehead atoms. The first-order valence-electron chi connectivity index (χ1n) is 7.99. The summed E-state index contributed by atoms with van der Waals surface area (Å²) in [4.78, 5) is 31.9. The third-order valence-electron chi connectivity index (χ3n) is 4.26. The Labute approximate surface area is 132 Å². The van der Waals surface area contributed by atoms with Crippen molar-refractivity contribution in [1.29, 1.82) is 0 Å². The van der Waals surface area contributed by atoms with Crippen LogP contribution in [0, 0.1) is 5.92 Å². The molecule has 1 aromatic rings. The summed E-state index contributed by atoms with van der Waals surface area (Å²) < 4.78 is 0. The van der Waals surface area contributed by atoms with Gasteiger partial charge in [-0.1, -0.05) is 13.0 Å². The predicted molar refractivity (Wildman–Crippen MR) is 84.9 cm³/mol. The molecule has 1 fully saturated rings. The van der Waals surface area contributed by atoms with Crippen molar-refractivity contribution in [1.82, 2.24) is 14.8 Å². The van der Waals surface area contributed by atoms with Gasteiger partial charge in [0.15, 0.2) is 0 Å². The molecule has 1 aromatic heterocycles. The Kier molecular flexibility index (Phi) is 5.92. The van der Waals surface area contributed by atoms with Crippen LogP contribution in [0.5, 0.6) is 0 Å². The molecule has 1 aliphatic heterocycles. The van der Waals surface area contributed by atoms with Crippen LogP contribution in [0.25, 0.3) is 0 Å². The van der Waals surface area contributed by atoms with E-state index in [1.165, 1.54) is 6.92 Å². The first kappa shape index (κ1) is 16.5. The van der Waals surface area contributed by atoms with Crippen LogP contribution in [-0.2, 0) is 16.1 Å². The fourth-order valence-corrected chi connectivity index (χ4v) is 2.68. The first-order chi connectivity index (χ1) is 10.6. The first-order valence-corrected chi connectivity index (χ1v) is 7.99. The minimum absolute atomic E-state index is 0.0225. The van der Waals surface area contributed by atoms with E-state index >= 15 is 0 Å². The van der Waals surface area contributed by atoms with E-state index in [1.807, 2.05) is 23.1 Å². The lowest BCUT2D eigenvalue weighted by Gasteiger charge is -2.31. The molecule has 2 heterocycles. The molecule has 1 saturated heterocycles. The van der Waals surface area contributed by atoms with Crippen LogP contribution >= 0.6 is 0 Å². The quantitative estimate of drug-likeness (QED) is 0.837. The van der Waals surface area contributed by atoms with Crippen molar-refractivity contribution in [3.8, 4) is 0 Å². The zero-order chi connectivity index (χ0) is 15.9. The molecule has 0 aromatic carbocycles. The van der Waals surface area contributed by atoms with Gasteiger partial charge in [0.25, 0.3) is 0 Å². The van der Waals surface area contributed by atoms with Crippen molar-refractivity contribution in [2.45, 2.75) is 39.7 Å². The number of rotatable bonds is 5. The number of piperidine rings is 1. The van der Waals surface area contributed by atoms with E-state index in [1.54, 1.807) is 11.1 Å². The number of nitrogens with zero attached hydrogens (tertiary/aromatic N) is 3. The fraction of sp³-hybridized carbons (Fsp3) is 0.588. The number of hydrogen-bond donors (Lipinski definition) is 0. The lowest BCUT2D eigenvalue weighted by Crippen LogP contribution is -2.40. The second-order valence-corrected chi connectivity index (χ2v) is 6.07. The average Bonchev–Trinajstić information content (AvgIpc) is 2.52. The van der Waals surface area contributed by atoms with Crippen LogP contribution in [0.15, 0.2) is 24.4 Å². The van der Waals surface area contributed by atoms with Gasteiger partial charge in [-0.25, -0.2) is 0 Å². The molecule has 2 amide bonds. The molecule has 5 heteroatoms. The summed E-state index contributed by atoms with van der Waals surface area (Å²) in [5.41, 5.74) is 0.844. The van der Waals surface area contributed by atoms with Gasteiger partial charge in [0, 0.05) is 39.2 Å². The molecular formula is C17H25N3O2. The fourth-order valence-electron chi connectivity index (χ4n) is 2.68. The summed E-state index contributed by atoms with van der Waals surface area (Å²) >= 11 is 0. The second-order valence-electron chi connectivity index (χ2n) is 6.07. The van der Waals surface area contributed by atoms with Crippen molar-refractivity contribution >= 4 is 11.8 Å². The lowest BCUT2D eigenvalue weighted by molar-refractivity contribution is -0.134. The minimum Gasteiger partial charge on any atom is -0.343 e. The van der Waals surface area contributed by atoms with Gasteiger partial charge in [-0.15, -0.1) is 0 Å². The number of carbonyl (C=O) groups excluding carboxylic acids is 2. The maximum absolute atomic E-state index is 12.3. The van der Waals surface area contributed by atoms with Crippen LogP contribution < -0.4 is 0 Å². The van der Waals surface area contributed by atoms with Gasteiger partial charge in [-0.3, -0.25) is 14.6 Å². The number of amides is 2. The zero-order valence-corrected chi connectivity index (χ0v) is 13.5. The molecule has 22 heavy (non-hydrogen) atoms. The van der Waals surface area contributed by atoms with Crippen LogP contribution in [0.4, 0.5) is 0 Å². The van der Waals surface area contributed by atoms with Gasteiger partial charge in [0.1, 0.15) is 0 Å². The van der Waals surface area contributed by atoms with E-state index in [2.05, 4.69) is 11.9 Å². The number of carbonyl (C=O) groups is 2. The Morgan fingerprint density at radius 3 is 2.64 bits per heavy atom. The highest BCUT2D eigenvalue weighted by Crippen LogP contribution is 2.16. The topological polar surface area (TPSA) is 53.5 Å². The molecular weight excluding hydrogens is 278 g/mol. The van der Waals surface area contributed by atoms with Gasteiger partial charge in [0.2, 0.25) is 11.8 Å². The van der Waals surface area contributed by atoms with Crippen LogP contribution in [0.1, 0.15) is 38.8 Å². The van der Waals surface area contributed by atoms with E-state index in [9.17, 15) is 9.59 Å². The Balaban J connectivity index is 1.84. The highest BCUT2D eigenvalue weighted by atomic mass is 16.2. The Bertz CT molecular complexity index is 496. The molecule has 0 aliphatic carbocycles. The van der Waals surface area contributed by atoms with Gasteiger partial charge in [-0.05, 0) is 30.9 Å². The normalized spacial score (nSPS) is 15.6. The monoisotopic (exact) mass is 303 g/mol. The zero-order valence-electron chi connectivity index (χ0n) is 13.5.